The quantitative estimate of drug-likeness (QED) is 0.292. The number of thiophene rings is 1. The van der Waals surface area contributed by atoms with Crippen molar-refractivity contribution in [2.24, 2.45) is 5.92 Å². The number of aromatic amines is 2. The summed E-state index contributed by atoms with van der Waals surface area (Å²) < 4.78 is 1.91. The van der Waals surface area contributed by atoms with E-state index in [4.69, 9.17) is 0 Å². The fraction of sp³-hybridized carbons (Fsp3) is 0.433. The fourth-order valence-electron chi connectivity index (χ4n) is 7.18. The molecule has 7 nitrogen and oxygen atoms in total. The lowest BCUT2D eigenvalue weighted by molar-refractivity contribution is 0.192. The number of aromatic nitrogens is 5. The Morgan fingerprint density at radius 1 is 1.13 bits per heavy atom. The van der Waals surface area contributed by atoms with E-state index in [-0.39, 0.29) is 5.56 Å². The number of hydrogen-bond acceptors (Lipinski definition) is 5. The molecule has 0 unspecified atom stereocenters. The van der Waals surface area contributed by atoms with E-state index in [1.165, 1.54) is 62.1 Å². The summed E-state index contributed by atoms with van der Waals surface area (Å²) in [5.74, 6) is 1.74. The van der Waals surface area contributed by atoms with Crippen LogP contribution < -0.4 is 5.56 Å². The molecule has 0 aromatic carbocycles. The molecule has 7 rings (SSSR count). The van der Waals surface area contributed by atoms with Crippen LogP contribution in [0.5, 0.6) is 0 Å². The molecule has 5 aromatic rings. The summed E-state index contributed by atoms with van der Waals surface area (Å²) in [7, 11) is 0. The number of likely N-dealkylation sites (tertiary alicyclic amines) is 1. The van der Waals surface area contributed by atoms with Gasteiger partial charge in [0.25, 0.3) is 0 Å². The third-order valence-electron chi connectivity index (χ3n) is 9.16. The first-order chi connectivity index (χ1) is 18.3. The van der Waals surface area contributed by atoms with Crippen LogP contribution in [0.1, 0.15) is 71.2 Å². The van der Waals surface area contributed by atoms with Crippen molar-refractivity contribution in [2.75, 3.05) is 6.54 Å². The third kappa shape index (κ3) is 3.53. The van der Waals surface area contributed by atoms with Gasteiger partial charge in [-0.3, -0.25) is 9.69 Å². The van der Waals surface area contributed by atoms with Gasteiger partial charge in [-0.25, -0.2) is 9.50 Å². The largest absolute Gasteiger partial charge is 0.346 e. The zero-order chi connectivity index (χ0) is 26.3. The zero-order valence-corrected chi connectivity index (χ0v) is 23.4. The predicted molar refractivity (Wildman–Crippen MR) is 153 cm³/mol. The van der Waals surface area contributed by atoms with Gasteiger partial charge in [0, 0.05) is 53.4 Å². The minimum atomic E-state index is -0.0335. The van der Waals surface area contributed by atoms with Gasteiger partial charge in [-0.15, -0.1) is 11.3 Å². The van der Waals surface area contributed by atoms with Gasteiger partial charge in [0.2, 0.25) is 5.56 Å². The Morgan fingerprint density at radius 2 is 1.97 bits per heavy atom. The monoisotopic (exact) mass is 526 g/mol. The zero-order valence-electron chi connectivity index (χ0n) is 22.6. The molecule has 3 atom stereocenters. The summed E-state index contributed by atoms with van der Waals surface area (Å²) in [6.45, 7) is 13.4. The number of rotatable bonds is 5. The second-order valence-electron chi connectivity index (χ2n) is 11.7. The average Bonchev–Trinajstić information content (AvgIpc) is 3.70. The molecule has 1 saturated carbocycles. The second-order valence-corrected chi connectivity index (χ2v) is 12.7. The van der Waals surface area contributed by atoms with E-state index < -0.39 is 0 Å². The number of nitrogens with one attached hydrogen (secondary N) is 2. The van der Waals surface area contributed by atoms with E-state index in [2.05, 4.69) is 65.8 Å². The Morgan fingerprint density at radius 3 is 2.68 bits per heavy atom. The summed E-state index contributed by atoms with van der Waals surface area (Å²) in [4.78, 5) is 28.1. The summed E-state index contributed by atoms with van der Waals surface area (Å²) >= 11 is 1.98. The molecule has 6 heterocycles. The van der Waals surface area contributed by atoms with Gasteiger partial charge < -0.3 is 9.97 Å². The minimum absolute atomic E-state index is 0.0335. The molecule has 2 bridgehead atoms. The minimum Gasteiger partial charge on any atom is -0.346 e. The molecule has 0 amide bonds. The SMILES string of the molecule is Cc1c(-c2[nH]c3sc([C@@H]4C[C@@H]5C[C@H]4CN5Cc4ccc(=O)[nH]c4)c(C)c3c2C(C)C)cn2ncnc2c1C. The van der Waals surface area contributed by atoms with Crippen LogP contribution in [-0.2, 0) is 6.54 Å². The Hall–Kier alpha value is -3.23. The molecule has 38 heavy (non-hydrogen) atoms. The normalized spacial score (nSPS) is 21.6. The molecule has 0 radical (unpaired) electrons. The van der Waals surface area contributed by atoms with Crippen molar-refractivity contribution in [1.29, 1.82) is 0 Å². The van der Waals surface area contributed by atoms with Crippen LogP contribution in [0.4, 0.5) is 0 Å². The van der Waals surface area contributed by atoms with Crippen molar-refractivity contribution in [1.82, 2.24) is 29.5 Å². The molecule has 1 aliphatic heterocycles. The molecule has 196 valence electrons. The molecule has 1 aliphatic carbocycles. The van der Waals surface area contributed by atoms with Gasteiger partial charge in [-0.05, 0) is 79.2 Å². The molecule has 5 aromatic heterocycles. The summed E-state index contributed by atoms with van der Waals surface area (Å²) in [6, 6.07) is 4.22. The number of pyridine rings is 2. The topological polar surface area (TPSA) is 82.1 Å². The molecule has 0 spiro atoms. The molecule has 2 fully saturated rings. The van der Waals surface area contributed by atoms with E-state index in [9.17, 15) is 4.79 Å². The maximum absolute atomic E-state index is 11.4. The summed E-state index contributed by atoms with van der Waals surface area (Å²) in [6.07, 6.45) is 8.14. The predicted octanol–water partition coefficient (Wildman–Crippen LogP) is 6.05. The van der Waals surface area contributed by atoms with Crippen molar-refractivity contribution < 1.29 is 0 Å². The van der Waals surface area contributed by atoms with Crippen LogP contribution in [0.15, 0.2) is 35.6 Å². The van der Waals surface area contributed by atoms with E-state index in [1.807, 2.05) is 28.1 Å². The van der Waals surface area contributed by atoms with Crippen molar-refractivity contribution >= 4 is 27.2 Å². The lowest BCUT2D eigenvalue weighted by Crippen LogP contribution is -2.34. The molecule has 8 heteroatoms. The van der Waals surface area contributed by atoms with Crippen LogP contribution in [-0.4, -0.2) is 42.1 Å². The molecular weight excluding hydrogens is 492 g/mol. The van der Waals surface area contributed by atoms with Crippen LogP contribution in [0.25, 0.3) is 27.1 Å². The summed E-state index contributed by atoms with van der Waals surface area (Å²) in [5.41, 5.74) is 9.86. The highest BCUT2D eigenvalue weighted by molar-refractivity contribution is 7.19. The first kappa shape index (κ1) is 23.9. The number of nitrogens with zero attached hydrogens (tertiary/aromatic N) is 4. The Labute approximate surface area is 225 Å². The molecule has 1 saturated heterocycles. The van der Waals surface area contributed by atoms with Crippen molar-refractivity contribution in [2.45, 2.75) is 71.9 Å². The van der Waals surface area contributed by atoms with Gasteiger partial charge in [0.05, 0.1) is 5.69 Å². The van der Waals surface area contributed by atoms with Crippen molar-refractivity contribution in [3.63, 3.8) is 0 Å². The van der Waals surface area contributed by atoms with Gasteiger partial charge in [0.1, 0.15) is 11.2 Å². The third-order valence-corrected chi connectivity index (χ3v) is 10.5. The van der Waals surface area contributed by atoms with Gasteiger partial charge in [-0.2, -0.15) is 5.10 Å². The highest BCUT2D eigenvalue weighted by atomic mass is 32.1. The van der Waals surface area contributed by atoms with Gasteiger partial charge >= 0.3 is 0 Å². The van der Waals surface area contributed by atoms with Gasteiger partial charge in [0.15, 0.2) is 5.65 Å². The number of H-pyrrole nitrogens is 2. The molecule has 2 N–H and O–H groups in total. The average molecular weight is 527 g/mol. The fourth-order valence-corrected chi connectivity index (χ4v) is 8.62. The highest BCUT2D eigenvalue weighted by Crippen LogP contribution is 2.53. The van der Waals surface area contributed by atoms with E-state index in [0.717, 1.165) is 18.7 Å². The first-order valence-electron chi connectivity index (χ1n) is 13.7. The standard InChI is InChI=1S/C30H34N6OS/c1-15(2)25-26-18(5)28(22-9-21-8-20(22)12-35(21)11-19-6-7-24(37)31-10-19)38-30(26)34-27(25)23-13-36-29(32-14-33-36)17(4)16(23)3/h6-7,10,13-15,20-22,34H,8-9,11-12H2,1-5H3,(H,31,37)/t20-,21-,22+/m0/s1. The van der Waals surface area contributed by atoms with Gasteiger partial charge in [-0.1, -0.05) is 19.9 Å². The lowest BCUT2D eigenvalue weighted by Gasteiger charge is -2.31. The van der Waals surface area contributed by atoms with Crippen molar-refractivity contribution in [3.05, 3.63) is 73.9 Å². The van der Waals surface area contributed by atoms with E-state index in [1.54, 1.807) is 17.3 Å². The second kappa shape index (κ2) is 8.64. The number of aryl methyl sites for hydroxylation is 2. The van der Waals surface area contributed by atoms with Crippen LogP contribution in [0, 0.1) is 26.7 Å². The molecule has 2 aliphatic rings. The molecular formula is C30H34N6OS. The first-order valence-corrected chi connectivity index (χ1v) is 14.5. The van der Waals surface area contributed by atoms with E-state index in [0.29, 0.717) is 23.8 Å². The number of fused-ring (bicyclic) bond motifs is 4. The van der Waals surface area contributed by atoms with E-state index >= 15 is 0 Å². The highest BCUT2D eigenvalue weighted by Gasteiger charge is 2.46. The van der Waals surface area contributed by atoms with Crippen molar-refractivity contribution in [3.8, 4) is 11.3 Å². The Balaban J connectivity index is 1.23. The number of piperidine rings is 1. The number of hydrogen-bond donors (Lipinski definition) is 2. The van der Waals surface area contributed by atoms with Crippen LogP contribution in [0.3, 0.4) is 0 Å². The van der Waals surface area contributed by atoms with Crippen LogP contribution in [0.2, 0.25) is 0 Å². The maximum atomic E-state index is 11.4. The van der Waals surface area contributed by atoms with Crippen LogP contribution >= 0.6 is 11.3 Å². The Kier molecular flexibility index (Phi) is 5.43. The smallest absolute Gasteiger partial charge is 0.247 e. The maximum Gasteiger partial charge on any atom is 0.247 e. The Bertz CT molecular complexity index is 1730. The summed E-state index contributed by atoms with van der Waals surface area (Å²) in [5, 5.41) is 5.87. The lowest BCUT2D eigenvalue weighted by atomic mass is 9.88.